The van der Waals surface area contributed by atoms with Crippen LogP contribution < -0.4 is 0 Å². The molecule has 1 aromatic rings. The van der Waals surface area contributed by atoms with Crippen LogP contribution in [-0.4, -0.2) is 54.1 Å². The van der Waals surface area contributed by atoms with Gasteiger partial charge in [0.05, 0.1) is 0 Å². The Morgan fingerprint density at radius 3 is 2.55 bits per heavy atom. The van der Waals surface area contributed by atoms with Gasteiger partial charge in [0.1, 0.15) is 0 Å². The molecule has 22 heavy (non-hydrogen) atoms. The molecular weight excluding hydrogens is 276 g/mol. The monoisotopic (exact) mass is 304 g/mol. The number of piperidine rings is 1. The second kappa shape index (κ2) is 8.91. The van der Waals surface area contributed by atoms with Crippen molar-refractivity contribution in [2.24, 2.45) is 0 Å². The zero-order valence-corrected chi connectivity index (χ0v) is 13.6. The number of likely N-dealkylation sites (tertiary alicyclic amines) is 1. The van der Waals surface area contributed by atoms with Crippen LogP contribution in [0.15, 0.2) is 30.3 Å². The Kier molecular flexibility index (Phi) is 6.87. The molecule has 1 heterocycles. The Hall–Kier alpha value is -1.39. The van der Waals surface area contributed by atoms with Crippen LogP contribution in [0, 0.1) is 0 Å². The summed E-state index contributed by atoms with van der Waals surface area (Å²) in [5.74, 6) is 0.266. The predicted molar refractivity (Wildman–Crippen MR) is 88.6 cm³/mol. The average Bonchev–Trinajstić information content (AvgIpc) is 2.58. The number of carbonyl (C=O) groups is 1. The van der Waals surface area contributed by atoms with E-state index in [1.54, 1.807) is 0 Å². The van der Waals surface area contributed by atoms with Crippen molar-refractivity contribution >= 4 is 5.91 Å². The van der Waals surface area contributed by atoms with Crippen molar-refractivity contribution in [2.75, 3.05) is 33.3 Å². The van der Waals surface area contributed by atoms with Crippen molar-refractivity contribution in [1.29, 1.82) is 0 Å². The van der Waals surface area contributed by atoms with Crippen molar-refractivity contribution in [3.8, 4) is 0 Å². The van der Waals surface area contributed by atoms with Crippen LogP contribution in [0.1, 0.15) is 43.7 Å². The Labute approximate surface area is 133 Å². The zero-order chi connectivity index (χ0) is 15.8. The molecule has 1 aliphatic rings. The third-order valence-electron chi connectivity index (χ3n) is 4.51. The van der Waals surface area contributed by atoms with E-state index >= 15 is 0 Å². The Balaban J connectivity index is 1.88. The molecule has 1 aliphatic heterocycles. The number of nitrogens with zero attached hydrogens (tertiary/aromatic N) is 2. The van der Waals surface area contributed by atoms with Gasteiger partial charge in [-0.25, -0.2) is 0 Å². The standard InChI is InChI=1S/C18H28N2O2/c1-19(14-10-18(22)20-12-6-3-7-13-20)17(11-15-21)16-8-4-2-5-9-16/h2,4-5,8-9,17,21H,3,6-7,10-15H2,1H3. The first kappa shape index (κ1) is 17.0. The van der Waals surface area contributed by atoms with E-state index in [9.17, 15) is 9.90 Å². The van der Waals surface area contributed by atoms with Gasteiger partial charge in [0.25, 0.3) is 0 Å². The number of aliphatic hydroxyl groups is 1. The number of aliphatic hydroxyl groups excluding tert-OH is 1. The van der Waals surface area contributed by atoms with Crippen LogP contribution in [0.2, 0.25) is 0 Å². The van der Waals surface area contributed by atoms with E-state index in [1.807, 2.05) is 30.1 Å². The van der Waals surface area contributed by atoms with Gasteiger partial charge in [0.2, 0.25) is 5.91 Å². The SMILES string of the molecule is CN(CCC(=O)N1CCCCC1)C(CCO)c1ccccc1. The molecule has 4 heteroatoms. The van der Waals surface area contributed by atoms with Gasteiger partial charge in [-0.3, -0.25) is 9.69 Å². The summed E-state index contributed by atoms with van der Waals surface area (Å²) in [5.41, 5.74) is 1.20. The fraction of sp³-hybridized carbons (Fsp3) is 0.611. The minimum atomic E-state index is 0.157. The van der Waals surface area contributed by atoms with Crippen molar-refractivity contribution in [3.63, 3.8) is 0 Å². The fourth-order valence-electron chi connectivity index (χ4n) is 3.17. The van der Waals surface area contributed by atoms with Gasteiger partial charge >= 0.3 is 0 Å². The van der Waals surface area contributed by atoms with E-state index < -0.39 is 0 Å². The summed E-state index contributed by atoms with van der Waals surface area (Å²) < 4.78 is 0. The molecule has 0 aliphatic carbocycles. The number of rotatable bonds is 7. The second-order valence-electron chi connectivity index (χ2n) is 6.11. The highest BCUT2D eigenvalue weighted by atomic mass is 16.3. The van der Waals surface area contributed by atoms with Gasteiger partial charge in [-0.15, -0.1) is 0 Å². The summed E-state index contributed by atoms with van der Waals surface area (Å²) in [7, 11) is 2.04. The van der Waals surface area contributed by atoms with Gasteiger partial charge < -0.3 is 10.0 Å². The maximum atomic E-state index is 12.3. The highest BCUT2D eigenvalue weighted by Crippen LogP contribution is 2.23. The number of amides is 1. The third-order valence-corrected chi connectivity index (χ3v) is 4.51. The van der Waals surface area contributed by atoms with Crippen LogP contribution in [0.5, 0.6) is 0 Å². The minimum Gasteiger partial charge on any atom is -0.396 e. The van der Waals surface area contributed by atoms with Crippen molar-refractivity contribution in [3.05, 3.63) is 35.9 Å². The van der Waals surface area contributed by atoms with E-state index in [1.165, 1.54) is 12.0 Å². The van der Waals surface area contributed by atoms with E-state index in [0.717, 1.165) is 32.5 Å². The summed E-state index contributed by atoms with van der Waals surface area (Å²) in [6.45, 7) is 2.72. The van der Waals surface area contributed by atoms with E-state index in [0.29, 0.717) is 12.8 Å². The number of carbonyl (C=O) groups excluding carboxylic acids is 1. The van der Waals surface area contributed by atoms with Crippen molar-refractivity contribution < 1.29 is 9.90 Å². The molecule has 122 valence electrons. The first-order chi connectivity index (χ1) is 10.7. The maximum Gasteiger partial charge on any atom is 0.223 e. The van der Waals surface area contributed by atoms with E-state index in [2.05, 4.69) is 17.0 Å². The molecule has 1 atom stereocenters. The number of hydrogen-bond donors (Lipinski definition) is 1. The molecule has 4 nitrogen and oxygen atoms in total. The quantitative estimate of drug-likeness (QED) is 0.841. The lowest BCUT2D eigenvalue weighted by molar-refractivity contribution is -0.132. The molecule has 1 N–H and O–H groups in total. The fourth-order valence-corrected chi connectivity index (χ4v) is 3.17. The summed E-state index contributed by atoms with van der Waals surface area (Å²) in [4.78, 5) is 16.5. The Morgan fingerprint density at radius 2 is 1.91 bits per heavy atom. The summed E-state index contributed by atoms with van der Waals surface area (Å²) >= 11 is 0. The van der Waals surface area contributed by atoms with Gasteiger partial charge in [-0.05, 0) is 38.3 Å². The van der Waals surface area contributed by atoms with Crippen LogP contribution in [-0.2, 0) is 4.79 Å². The molecular formula is C18H28N2O2. The van der Waals surface area contributed by atoms with Crippen molar-refractivity contribution in [2.45, 2.75) is 38.1 Å². The van der Waals surface area contributed by atoms with Crippen LogP contribution in [0.25, 0.3) is 0 Å². The molecule has 0 bridgehead atoms. The van der Waals surface area contributed by atoms with Crippen LogP contribution >= 0.6 is 0 Å². The lowest BCUT2D eigenvalue weighted by Crippen LogP contribution is -2.38. The molecule has 0 aromatic heterocycles. The van der Waals surface area contributed by atoms with E-state index in [4.69, 9.17) is 0 Å². The molecule has 0 spiro atoms. The lowest BCUT2D eigenvalue weighted by Gasteiger charge is -2.30. The van der Waals surface area contributed by atoms with Crippen LogP contribution in [0.4, 0.5) is 0 Å². The first-order valence-corrected chi connectivity index (χ1v) is 8.36. The normalized spacial score (nSPS) is 16.8. The molecule has 1 unspecified atom stereocenters. The minimum absolute atomic E-state index is 0.157. The van der Waals surface area contributed by atoms with Gasteiger partial charge in [0.15, 0.2) is 0 Å². The lowest BCUT2D eigenvalue weighted by atomic mass is 10.0. The van der Waals surface area contributed by atoms with Crippen molar-refractivity contribution in [1.82, 2.24) is 9.80 Å². The second-order valence-corrected chi connectivity index (χ2v) is 6.11. The Morgan fingerprint density at radius 1 is 1.23 bits per heavy atom. The number of benzene rings is 1. The third kappa shape index (κ3) is 4.82. The highest BCUT2D eigenvalue weighted by Gasteiger charge is 2.20. The largest absolute Gasteiger partial charge is 0.396 e. The van der Waals surface area contributed by atoms with Crippen LogP contribution in [0.3, 0.4) is 0 Å². The molecule has 1 aromatic carbocycles. The summed E-state index contributed by atoms with van der Waals surface area (Å²) in [6.07, 6.45) is 4.78. The molecule has 0 radical (unpaired) electrons. The van der Waals surface area contributed by atoms with E-state index in [-0.39, 0.29) is 18.6 Å². The van der Waals surface area contributed by atoms with Gasteiger partial charge in [-0.2, -0.15) is 0 Å². The predicted octanol–water partition coefficient (Wildman–Crippen LogP) is 2.44. The molecule has 1 amide bonds. The van der Waals surface area contributed by atoms with Gasteiger partial charge in [-0.1, -0.05) is 30.3 Å². The molecule has 2 rings (SSSR count). The molecule has 1 saturated heterocycles. The highest BCUT2D eigenvalue weighted by molar-refractivity contribution is 5.76. The summed E-state index contributed by atoms with van der Waals surface area (Å²) in [6, 6.07) is 10.4. The topological polar surface area (TPSA) is 43.8 Å². The maximum absolute atomic E-state index is 12.3. The first-order valence-electron chi connectivity index (χ1n) is 8.36. The average molecular weight is 304 g/mol. The molecule has 0 saturated carbocycles. The Bertz CT molecular complexity index is 444. The smallest absolute Gasteiger partial charge is 0.223 e. The molecule has 1 fully saturated rings. The zero-order valence-electron chi connectivity index (χ0n) is 13.6. The summed E-state index contributed by atoms with van der Waals surface area (Å²) in [5, 5.41) is 9.33. The van der Waals surface area contributed by atoms with Gasteiger partial charge in [0, 0.05) is 38.7 Å². The number of hydrogen-bond acceptors (Lipinski definition) is 3.